The maximum Gasteiger partial charge on any atom is 0.228 e. The third-order valence-corrected chi connectivity index (χ3v) is 4.79. The first kappa shape index (κ1) is 17.4. The number of anilines is 1. The molecule has 138 valence electrons. The zero-order valence-electron chi connectivity index (χ0n) is 14.9. The van der Waals surface area contributed by atoms with E-state index in [0.717, 1.165) is 29.7 Å². The van der Waals surface area contributed by atoms with E-state index >= 15 is 0 Å². The monoisotopic (exact) mass is 362 g/mol. The summed E-state index contributed by atoms with van der Waals surface area (Å²) in [6.07, 6.45) is 8.66. The Morgan fingerprint density at radius 3 is 2.78 bits per heavy atom. The zero-order chi connectivity index (χ0) is 18.6. The molecule has 6 heteroatoms. The van der Waals surface area contributed by atoms with Gasteiger partial charge in [-0.05, 0) is 37.0 Å². The Hall–Kier alpha value is -2.99. The molecule has 2 aromatic rings. The Morgan fingerprint density at radius 1 is 1.19 bits per heavy atom. The minimum atomic E-state index is -0.823. The number of aliphatic imine (C=N–C) groups is 1. The van der Waals surface area contributed by atoms with Gasteiger partial charge in [0.25, 0.3) is 0 Å². The summed E-state index contributed by atoms with van der Waals surface area (Å²) in [4.78, 5) is 20.3. The van der Waals surface area contributed by atoms with E-state index in [2.05, 4.69) is 20.6 Å². The van der Waals surface area contributed by atoms with Gasteiger partial charge < -0.3 is 15.7 Å². The molecule has 0 saturated heterocycles. The smallest absolute Gasteiger partial charge is 0.228 e. The van der Waals surface area contributed by atoms with Crippen molar-refractivity contribution in [3.05, 3.63) is 60.7 Å². The number of aliphatic hydroxyl groups excluding tert-OH is 1. The second kappa shape index (κ2) is 7.72. The Balaban J connectivity index is 1.48. The van der Waals surface area contributed by atoms with Gasteiger partial charge in [-0.15, -0.1) is 0 Å². The summed E-state index contributed by atoms with van der Waals surface area (Å²) in [5, 5.41) is 16.7. The van der Waals surface area contributed by atoms with E-state index in [1.165, 1.54) is 0 Å². The molecular weight excluding hydrogens is 340 g/mol. The molecule has 0 radical (unpaired) electrons. The number of amides is 1. The van der Waals surface area contributed by atoms with Crippen LogP contribution in [0.3, 0.4) is 0 Å². The van der Waals surface area contributed by atoms with E-state index in [-0.39, 0.29) is 17.7 Å². The third kappa shape index (κ3) is 4.23. The molecule has 0 spiro atoms. The summed E-state index contributed by atoms with van der Waals surface area (Å²) in [6, 6.07) is 11.9. The number of hydrogen-bond acceptors (Lipinski definition) is 5. The fraction of sp³-hybridized carbons (Fsp3) is 0.286. The molecule has 2 aliphatic rings. The number of rotatable bonds is 6. The molecule has 1 aromatic heterocycles. The van der Waals surface area contributed by atoms with Crippen molar-refractivity contribution in [1.29, 1.82) is 0 Å². The topological polar surface area (TPSA) is 86.6 Å². The molecule has 1 aromatic carbocycles. The van der Waals surface area contributed by atoms with Crippen molar-refractivity contribution in [2.24, 2.45) is 16.8 Å². The number of pyridine rings is 1. The van der Waals surface area contributed by atoms with Crippen molar-refractivity contribution in [3.8, 4) is 11.1 Å². The fourth-order valence-corrected chi connectivity index (χ4v) is 3.10. The van der Waals surface area contributed by atoms with Crippen LogP contribution in [0.15, 0.2) is 65.7 Å². The molecule has 2 heterocycles. The average molecular weight is 362 g/mol. The van der Waals surface area contributed by atoms with Gasteiger partial charge in [0.05, 0.1) is 11.9 Å². The van der Waals surface area contributed by atoms with E-state index in [4.69, 9.17) is 0 Å². The number of benzene rings is 1. The van der Waals surface area contributed by atoms with Crippen LogP contribution in [0.4, 0.5) is 5.69 Å². The van der Waals surface area contributed by atoms with Gasteiger partial charge in [0.1, 0.15) is 12.0 Å². The molecule has 1 amide bonds. The SMILES string of the molecule is O=C(NC1=CC(C(O)Nc2cnccc2-c2ccccc2)CC=N1)C1CC1. The normalized spacial score (nSPS) is 19.9. The molecule has 2 unspecified atom stereocenters. The predicted octanol–water partition coefficient (Wildman–Crippen LogP) is 2.94. The van der Waals surface area contributed by atoms with Gasteiger partial charge in [-0.1, -0.05) is 30.3 Å². The first-order valence-corrected chi connectivity index (χ1v) is 9.20. The quantitative estimate of drug-likeness (QED) is 0.690. The number of nitrogens with one attached hydrogen (secondary N) is 2. The molecule has 27 heavy (non-hydrogen) atoms. The van der Waals surface area contributed by atoms with E-state index < -0.39 is 6.23 Å². The molecule has 6 nitrogen and oxygen atoms in total. The minimum absolute atomic E-state index is 0.0140. The van der Waals surface area contributed by atoms with E-state index in [1.54, 1.807) is 18.6 Å². The summed E-state index contributed by atoms with van der Waals surface area (Å²) in [5.41, 5.74) is 2.78. The number of carbonyl (C=O) groups excluding carboxylic acids is 1. The summed E-state index contributed by atoms with van der Waals surface area (Å²) < 4.78 is 0. The van der Waals surface area contributed by atoms with Crippen LogP contribution in [0.25, 0.3) is 11.1 Å². The number of aliphatic hydroxyl groups is 1. The van der Waals surface area contributed by atoms with Gasteiger partial charge in [-0.3, -0.25) is 9.78 Å². The first-order chi connectivity index (χ1) is 13.2. The molecule has 1 aliphatic heterocycles. The average Bonchev–Trinajstić information content (AvgIpc) is 3.55. The van der Waals surface area contributed by atoms with Crippen LogP contribution in [-0.4, -0.2) is 28.4 Å². The second-order valence-corrected chi connectivity index (χ2v) is 6.90. The first-order valence-electron chi connectivity index (χ1n) is 9.20. The molecule has 1 saturated carbocycles. The van der Waals surface area contributed by atoms with Gasteiger partial charge >= 0.3 is 0 Å². The lowest BCUT2D eigenvalue weighted by Gasteiger charge is -2.24. The fourth-order valence-electron chi connectivity index (χ4n) is 3.10. The molecule has 4 rings (SSSR count). The number of hydrogen-bond donors (Lipinski definition) is 3. The highest BCUT2D eigenvalue weighted by Gasteiger charge is 2.30. The van der Waals surface area contributed by atoms with E-state index in [0.29, 0.717) is 12.2 Å². The molecule has 3 N–H and O–H groups in total. The summed E-state index contributed by atoms with van der Waals surface area (Å²) in [7, 11) is 0. The lowest BCUT2D eigenvalue weighted by atomic mass is 10.0. The Kier molecular flexibility index (Phi) is 4.98. The van der Waals surface area contributed by atoms with Gasteiger partial charge in [-0.25, -0.2) is 4.99 Å². The van der Waals surface area contributed by atoms with Crippen LogP contribution in [0.1, 0.15) is 19.3 Å². The Morgan fingerprint density at radius 2 is 2.00 bits per heavy atom. The van der Waals surface area contributed by atoms with Gasteiger partial charge in [0.15, 0.2) is 0 Å². The van der Waals surface area contributed by atoms with E-state index in [9.17, 15) is 9.90 Å². The van der Waals surface area contributed by atoms with Gasteiger partial charge in [0.2, 0.25) is 5.91 Å². The van der Waals surface area contributed by atoms with Crippen LogP contribution >= 0.6 is 0 Å². The molecular formula is C21H22N4O2. The second-order valence-electron chi connectivity index (χ2n) is 6.90. The zero-order valence-corrected chi connectivity index (χ0v) is 14.9. The Bertz CT molecular complexity index is 875. The van der Waals surface area contributed by atoms with Crippen molar-refractivity contribution < 1.29 is 9.90 Å². The van der Waals surface area contributed by atoms with Crippen LogP contribution in [0, 0.1) is 11.8 Å². The number of carbonyl (C=O) groups is 1. The van der Waals surface area contributed by atoms with Crippen LogP contribution in [-0.2, 0) is 4.79 Å². The third-order valence-electron chi connectivity index (χ3n) is 4.79. The lowest BCUT2D eigenvalue weighted by molar-refractivity contribution is -0.121. The highest BCUT2D eigenvalue weighted by atomic mass is 16.3. The molecule has 1 aliphatic carbocycles. The standard InChI is InChI=1S/C21H22N4O2/c26-20(15-6-7-15)25-19-12-16(8-11-23-19)21(27)24-18-13-22-10-9-17(18)14-4-2-1-3-5-14/h1-5,9-13,15-16,21,24,27H,6-8H2,(H,25,26). The maximum atomic E-state index is 11.9. The summed E-state index contributed by atoms with van der Waals surface area (Å²) >= 11 is 0. The predicted molar refractivity (Wildman–Crippen MR) is 105 cm³/mol. The number of nitrogens with zero attached hydrogens (tertiary/aromatic N) is 2. The highest BCUT2D eigenvalue weighted by molar-refractivity contribution is 5.83. The van der Waals surface area contributed by atoms with Gasteiger partial charge in [0, 0.05) is 29.8 Å². The molecule has 2 atom stereocenters. The highest BCUT2D eigenvalue weighted by Crippen LogP contribution is 2.30. The van der Waals surface area contributed by atoms with Crippen LogP contribution in [0.2, 0.25) is 0 Å². The van der Waals surface area contributed by atoms with Crippen LogP contribution in [0.5, 0.6) is 0 Å². The van der Waals surface area contributed by atoms with Crippen molar-refractivity contribution >= 4 is 17.8 Å². The van der Waals surface area contributed by atoms with Crippen molar-refractivity contribution in [3.63, 3.8) is 0 Å². The lowest BCUT2D eigenvalue weighted by Crippen LogP contribution is -2.32. The molecule has 0 bridgehead atoms. The van der Waals surface area contributed by atoms with Gasteiger partial charge in [-0.2, -0.15) is 0 Å². The summed E-state index contributed by atoms with van der Waals surface area (Å²) in [6.45, 7) is 0. The number of aromatic nitrogens is 1. The van der Waals surface area contributed by atoms with Crippen molar-refractivity contribution in [2.75, 3.05) is 5.32 Å². The molecule has 1 fully saturated rings. The largest absolute Gasteiger partial charge is 0.373 e. The minimum Gasteiger partial charge on any atom is -0.373 e. The maximum absolute atomic E-state index is 11.9. The van der Waals surface area contributed by atoms with E-state index in [1.807, 2.05) is 42.5 Å². The van der Waals surface area contributed by atoms with Crippen LogP contribution < -0.4 is 10.6 Å². The summed E-state index contributed by atoms with van der Waals surface area (Å²) in [5.74, 6) is 0.452. The van der Waals surface area contributed by atoms with Crippen molar-refractivity contribution in [1.82, 2.24) is 10.3 Å². The Labute approximate surface area is 158 Å². The van der Waals surface area contributed by atoms with Crippen molar-refractivity contribution in [2.45, 2.75) is 25.5 Å².